The topological polar surface area (TPSA) is 18.5 Å². The Bertz CT molecular complexity index is 144. The summed E-state index contributed by atoms with van der Waals surface area (Å²) in [4.78, 5) is 0. The van der Waals surface area contributed by atoms with Gasteiger partial charge in [0, 0.05) is 13.7 Å². The molecule has 0 fully saturated rings. The summed E-state index contributed by atoms with van der Waals surface area (Å²) in [6, 6.07) is 0. The summed E-state index contributed by atoms with van der Waals surface area (Å²) in [5, 5.41) is 0. The van der Waals surface area contributed by atoms with Crippen LogP contribution in [0.4, 0.5) is 0 Å². The molecule has 0 atom stereocenters. The van der Waals surface area contributed by atoms with Gasteiger partial charge in [-0.1, -0.05) is 20.8 Å². The summed E-state index contributed by atoms with van der Waals surface area (Å²) in [6.07, 6.45) is 3.28. The van der Waals surface area contributed by atoms with Crippen LogP contribution in [0.15, 0.2) is 0 Å². The van der Waals surface area contributed by atoms with Gasteiger partial charge in [-0.05, 0) is 38.5 Å². The van der Waals surface area contributed by atoms with Crippen LogP contribution in [0, 0.1) is 5.41 Å². The molecule has 0 aliphatic carbocycles. The second-order valence-corrected chi connectivity index (χ2v) is 5.64. The zero-order valence-corrected chi connectivity index (χ0v) is 11.4. The minimum atomic E-state index is -0.0103. The maximum absolute atomic E-state index is 5.67. The Morgan fingerprint density at radius 2 is 1.67 bits per heavy atom. The Morgan fingerprint density at radius 3 is 2.13 bits per heavy atom. The number of rotatable bonds is 8. The van der Waals surface area contributed by atoms with E-state index in [9.17, 15) is 0 Å². The molecule has 15 heavy (non-hydrogen) atoms. The van der Waals surface area contributed by atoms with Gasteiger partial charge in [0.05, 0.1) is 12.2 Å². The highest BCUT2D eigenvalue weighted by Crippen LogP contribution is 2.20. The van der Waals surface area contributed by atoms with Gasteiger partial charge in [-0.2, -0.15) is 0 Å². The van der Waals surface area contributed by atoms with E-state index in [1.807, 2.05) is 0 Å². The maximum Gasteiger partial charge on any atom is 0.0623 e. The SMILES string of the molecule is CCC(C)(C)COCCCC(C)(C)OC. The average molecular weight is 216 g/mol. The molecule has 0 amide bonds. The first-order valence-corrected chi connectivity index (χ1v) is 5.96. The lowest BCUT2D eigenvalue weighted by Gasteiger charge is -2.24. The van der Waals surface area contributed by atoms with Gasteiger partial charge in [0.25, 0.3) is 0 Å². The zero-order chi connectivity index (χ0) is 11.9. The minimum Gasteiger partial charge on any atom is -0.381 e. The van der Waals surface area contributed by atoms with E-state index in [1.54, 1.807) is 7.11 Å². The molecule has 92 valence electrons. The van der Waals surface area contributed by atoms with Gasteiger partial charge in [-0.15, -0.1) is 0 Å². The monoisotopic (exact) mass is 216 g/mol. The van der Waals surface area contributed by atoms with Gasteiger partial charge < -0.3 is 9.47 Å². The molecular weight excluding hydrogens is 188 g/mol. The van der Waals surface area contributed by atoms with Crippen LogP contribution in [-0.2, 0) is 9.47 Å². The minimum absolute atomic E-state index is 0.0103. The number of ether oxygens (including phenoxy) is 2. The smallest absolute Gasteiger partial charge is 0.0623 e. The Morgan fingerprint density at radius 1 is 1.07 bits per heavy atom. The van der Waals surface area contributed by atoms with Crippen molar-refractivity contribution in [3.05, 3.63) is 0 Å². The lowest BCUT2D eigenvalue weighted by molar-refractivity contribution is 0.000174. The van der Waals surface area contributed by atoms with Crippen molar-refractivity contribution in [1.82, 2.24) is 0 Å². The fourth-order valence-corrected chi connectivity index (χ4v) is 1.15. The van der Waals surface area contributed by atoms with Crippen molar-refractivity contribution < 1.29 is 9.47 Å². The average Bonchev–Trinajstić information content (AvgIpc) is 2.17. The van der Waals surface area contributed by atoms with Crippen LogP contribution >= 0.6 is 0 Å². The predicted molar refractivity (Wildman–Crippen MR) is 65.2 cm³/mol. The lowest BCUT2D eigenvalue weighted by Crippen LogP contribution is -2.23. The Kier molecular flexibility index (Phi) is 6.46. The highest BCUT2D eigenvalue weighted by molar-refractivity contribution is 4.68. The molecule has 0 N–H and O–H groups in total. The van der Waals surface area contributed by atoms with Crippen LogP contribution in [0.1, 0.15) is 53.9 Å². The first-order valence-electron chi connectivity index (χ1n) is 5.96. The summed E-state index contributed by atoms with van der Waals surface area (Å²) in [5.74, 6) is 0. The van der Waals surface area contributed by atoms with Gasteiger partial charge in [0.1, 0.15) is 0 Å². The molecule has 2 nitrogen and oxygen atoms in total. The molecule has 0 aromatic carbocycles. The third kappa shape index (κ3) is 7.80. The van der Waals surface area contributed by atoms with Gasteiger partial charge in [-0.25, -0.2) is 0 Å². The van der Waals surface area contributed by atoms with E-state index >= 15 is 0 Å². The van der Waals surface area contributed by atoms with Crippen LogP contribution < -0.4 is 0 Å². The van der Waals surface area contributed by atoms with Crippen molar-refractivity contribution in [2.24, 2.45) is 5.41 Å². The third-order valence-corrected chi connectivity index (χ3v) is 3.07. The van der Waals surface area contributed by atoms with E-state index in [0.29, 0.717) is 5.41 Å². The zero-order valence-electron chi connectivity index (χ0n) is 11.4. The molecule has 0 rings (SSSR count). The molecule has 0 aromatic rings. The van der Waals surface area contributed by atoms with Crippen LogP contribution in [0.3, 0.4) is 0 Å². The van der Waals surface area contributed by atoms with Crippen LogP contribution in [0.5, 0.6) is 0 Å². The van der Waals surface area contributed by atoms with Gasteiger partial charge >= 0.3 is 0 Å². The summed E-state index contributed by atoms with van der Waals surface area (Å²) in [6.45, 7) is 12.6. The van der Waals surface area contributed by atoms with E-state index < -0.39 is 0 Å². The Hall–Kier alpha value is -0.0800. The van der Waals surface area contributed by atoms with Crippen LogP contribution in [-0.4, -0.2) is 25.9 Å². The number of hydrogen-bond acceptors (Lipinski definition) is 2. The summed E-state index contributed by atoms with van der Waals surface area (Å²) in [5.41, 5.74) is 0.306. The molecule has 0 saturated carbocycles. The molecule has 0 radical (unpaired) electrons. The molecule has 0 unspecified atom stereocenters. The number of hydrogen-bond donors (Lipinski definition) is 0. The molecular formula is C13H28O2. The summed E-state index contributed by atoms with van der Waals surface area (Å²) < 4.78 is 11.0. The molecule has 0 aliphatic rings. The predicted octanol–water partition coefficient (Wildman–Crippen LogP) is 3.64. The Balaban J connectivity index is 3.48. The van der Waals surface area contributed by atoms with E-state index in [-0.39, 0.29) is 5.60 Å². The van der Waals surface area contributed by atoms with Gasteiger partial charge in [0.2, 0.25) is 0 Å². The van der Waals surface area contributed by atoms with Crippen molar-refractivity contribution in [3.63, 3.8) is 0 Å². The fourth-order valence-electron chi connectivity index (χ4n) is 1.15. The van der Waals surface area contributed by atoms with Gasteiger partial charge in [0.15, 0.2) is 0 Å². The molecule has 0 heterocycles. The standard InChI is InChI=1S/C13H28O2/c1-7-12(2,3)11-15-10-8-9-13(4,5)14-6/h7-11H2,1-6H3. The van der Waals surface area contributed by atoms with Crippen LogP contribution in [0.2, 0.25) is 0 Å². The van der Waals surface area contributed by atoms with Crippen molar-refractivity contribution >= 4 is 0 Å². The third-order valence-electron chi connectivity index (χ3n) is 3.07. The largest absolute Gasteiger partial charge is 0.381 e. The molecule has 0 saturated heterocycles. The van der Waals surface area contributed by atoms with E-state index in [1.165, 1.54) is 0 Å². The van der Waals surface area contributed by atoms with E-state index in [0.717, 1.165) is 32.5 Å². The quantitative estimate of drug-likeness (QED) is 0.577. The van der Waals surface area contributed by atoms with Crippen molar-refractivity contribution in [2.45, 2.75) is 59.5 Å². The maximum atomic E-state index is 5.67. The Labute approximate surface area is 95.3 Å². The molecule has 2 heteroatoms. The molecule has 0 bridgehead atoms. The van der Waals surface area contributed by atoms with Crippen molar-refractivity contribution in [3.8, 4) is 0 Å². The highest BCUT2D eigenvalue weighted by atomic mass is 16.5. The summed E-state index contributed by atoms with van der Waals surface area (Å²) >= 11 is 0. The lowest BCUT2D eigenvalue weighted by atomic mass is 9.92. The van der Waals surface area contributed by atoms with Crippen molar-refractivity contribution in [1.29, 1.82) is 0 Å². The van der Waals surface area contributed by atoms with E-state index in [2.05, 4.69) is 34.6 Å². The molecule has 0 spiro atoms. The highest BCUT2D eigenvalue weighted by Gasteiger charge is 2.17. The first-order chi connectivity index (χ1) is 6.83. The molecule has 0 aliphatic heterocycles. The van der Waals surface area contributed by atoms with E-state index in [4.69, 9.17) is 9.47 Å². The van der Waals surface area contributed by atoms with Gasteiger partial charge in [-0.3, -0.25) is 0 Å². The second kappa shape index (κ2) is 6.49. The second-order valence-electron chi connectivity index (χ2n) is 5.64. The summed E-state index contributed by atoms with van der Waals surface area (Å²) in [7, 11) is 1.76. The fraction of sp³-hybridized carbons (Fsp3) is 1.00. The normalized spacial score (nSPS) is 13.2. The molecule has 0 aromatic heterocycles. The van der Waals surface area contributed by atoms with Crippen molar-refractivity contribution in [2.75, 3.05) is 20.3 Å². The van der Waals surface area contributed by atoms with Crippen LogP contribution in [0.25, 0.3) is 0 Å². The first kappa shape index (κ1) is 14.9. The number of methoxy groups -OCH3 is 1.